The van der Waals surface area contributed by atoms with E-state index in [-0.39, 0.29) is 19.0 Å². The van der Waals surface area contributed by atoms with E-state index in [0.29, 0.717) is 12.6 Å². The van der Waals surface area contributed by atoms with Crippen LogP contribution in [0, 0.1) is 0 Å². The van der Waals surface area contributed by atoms with E-state index < -0.39 is 6.10 Å². The Hall–Kier alpha value is -1.49. The molecule has 0 aliphatic rings. The third kappa shape index (κ3) is 5.05. The zero-order valence-corrected chi connectivity index (χ0v) is 14.0. The molecule has 2 aromatic rings. The zero-order chi connectivity index (χ0) is 15.2. The molecule has 5 heteroatoms. The predicted octanol–water partition coefficient (Wildman–Crippen LogP) is 3.01. The van der Waals surface area contributed by atoms with E-state index in [9.17, 15) is 5.11 Å². The standard InChI is InChI=1S/C17H23NO3.ClH/c1-12(2)18-10-14(19)11-21-17-6-4-5-13-9-15(20-3)7-8-16(13)17;/h4-9,12,14,18-19H,10-11H2,1-3H3;1H. The molecule has 0 fully saturated rings. The van der Waals surface area contributed by atoms with Crippen LogP contribution in [0.5, 0.6) is 11.5 Å². The second-order valence-electron chi connectivity index (χ2n) is 5.37. The topological polar surface area (TPSA) is 50.7 Å². The number of hydrogen-bond acceptors (Lipinski definition) is 4. The third-order valence-corrected chi connectivity index (χ3v) is 3.24. The highest BCUT2D eigenvalue weighted by Gasteiger charge is 2.08. The van der Waals surface area contributed by atoms with Crippen molar-refractivity contribution < 1.29 is 14.6 Å². The van der Waals surface area contributed by atoms with Gasteiger partial charge in [-0.25, -0.2) is 0 Å². The number of aliphatic hydroxyl groups is 1. The van der Waals surface area contributed by atoms with E-state index >= 15 is 0 Å². The molecule has 0 aliphatic carbocycles. The number of benzene rings is 2. The van der Waals surface area contributed by atoms with Crippen molar-refractivity contribution in [1.29, 1.82) is 0 Å². The SMILES string of the molecule is COc1ccc2c(OCC(O)CNC(C)C)cccc2c1.Cl. The van der Waals surface area contributed by atoms with Gasteiger partial charge in [0, 0.05) is 18.0 Å². The third-order valence-electron chi connectivity index (χ3n) is 3.24. The van der Waals surface area contributed by atoms with E-state index in [0.717, 1.165) is 22.3 Å². The Bertz CT molecular complexity index is 589. The summed E-state index contributed by atoms with van der Waals surface area (Å²) in [6, 6.07) is 12.1. The minimum Gasteiger partial charge on any atom is -0.497 e. The Morgan fingerprint density at radius 2 is 1.95 bits per heavy atom. The lowest BCUT2D eigenvalue weighted by atomic mass is 10.1. The first-order valence-corrected chi connectivity index (χ1v) is 7.21. The molecule has 2 N–H and O–H groups in total. The van der Waals surface area contributed by atoms with Crippen LogP contribution in [0.1, 0.15) is 13.8 Å². The summed E-state index contributed by atoms with van der Waals surface area (Å²) in [6.45, 7) is 4.89. The minimum atomic E-state index is -0.527. The van der Waals surface area contributed by atoms with Crippen molar-refractivity contribution in [2.45, 2.75) is 26.0 Å². The number of aliphatic hydroxyl groups excluding tert-OH is 1. The van der Waals surface area contributed by atoms with Crippen LogP contribution in [-0.2, 0) is 0 Å². The molecule has 0 heterocycles. The fraction of sp³-hybridized carbons (Fsp3) is 0.412. The van der Waals surface area contributed by atoms with Crippen molar-refractivity contribution in [3.8, 4) is 11.5 Å². The number of halogens is 1. The van der Waals surface area contributed by atoms with Gasteiger partial charge in [0.05, 0.1) is 7.11 Å². The molecule has 122 valence electrons. The van der Waals surface area contributed by atoms with Crippen molar-refractivity contribution in [1.82, 2.24) is 5.32 Å². The number of hydrogen-bond donors (Lipinski definition) is 2. The lowest BCUT2D eigenvalue weighted by Crippen LogP contribution is -2.35. The van der Waals surface area contributed by atoms with Gasteiger partial charge in [0.25, 0.3) is 0 Å². The quantitative estimate of drug-likeness (QED) is 0.821. The summed E-state index contributed by atoms with van der Waals surface area (Å²) in [5.41, 5.74) is 0. The Balaban J connectivity index is 0.00000242. The van der Waals surface area contributed by atoms with E-state index in [2.05, 4.69) is 5.32 Å². The second kappa shape index (κ2) is 8.83. The lowest BCUT2D eigenvalue weighted by Gasteiger charge is -2.16. The number of ether oxygens (including phenoxy) is 2. The van der Waals surface area contributed by atoms with Gasteiger partial charge in [-0.2, -0.15) is 0 Å². The molecular formula is C17H24ClNO3. The van der Waals surface area contributed by atoms with Crippen LogP contribution in [0.3, 0.4) is 0 Å². The zero-order valence-electron chi connectivity index (χ0n) is 13.2. The molecule has 4 nitrogen and oxygen atoms in total. The molecule has 0 saturated carbocycles. The predicted molar refractivity (Wildman–Crippen MR) is 92.4 cm³/mol. The molecule has 0 aliphatic heterocycles. The van der Waals surface area contributed by atoms with Gasteiger partial charge in [-0.3, -0.25) is 0 Å². The summed E-state index contributed by atoms with van der Waals surface area (Å²) < 4.78 is 11.0. The van der Waals surface area contributed by atoms with Gasteiger partial charge < -0.3 is 19.9 Å². The van der Waals surface area contributed by atoms with Crippen molar-refractivity contribution >= 4 is 23.2 Å². The first kappa shape index (κ1) is 18.6. The maximum atomic E-state index is 9.91. The molecule has 0 radical (unpaired) electrons. The fourth-order valence-corrected chi connectivity index (χ4v) is 2.10. The lowest BCUT2D eigenvalue weighted by molar-refractivity contribution is 0.105. The summed E-state index contributed by atoms with van der Waals surface area (Å²) >= 11 is 0. The summed E-state index contributed by atoms with van der Waals surface area (Å²) in [5.74, 6) is 1.60. The van der Waals surface area contributed by atoms with Crippen LogP contribution < -0.4 is 14.8 Å². The van der Waals surface area contributed by atoms with Crippen LogP contribution in [0.25, 0.3) is 10.8 Å². The molecule has 1 unspecified atom stereocenters. The molecule has 0 aromatic heterocycles. The Morgan fingerprint density at radius 3 is 2.64 bits per heavy atom. The second-order valence-corrected chi connectivity index (χ2v) is 5.37. The van der Waals surface area contributed by atoms with Gasteiger partial charge in [0.15, 0.2) is 0 Å². The Kier molecular flexibility index (Phi) is 7.45. The van der Waals surface area contributed by atoms with Crippen LogP contribution in [0.4, 0.5) is 0 Å². The van der Waals surface area contributed by atoms with E-state index in [1.165, 1.54) is 0 Å². The van der Waals surface area contributed by atoms with Crippen LogP contribution in [0.2, 0.25) is 0 Å². The molecule has 22 heavy (non-hydrogen) atoms. The van der Waals surface area contributed by atoms with E-state index in [1.807, 2.05) is 50.2 Å². The number of rotatable bonds is 7. The largest absolute Gasteiger partial charge is 0.497 e. The van der Waals surface area contributed by atoms with Crippen LogP contribution >= 0.6 is 12.4 Å². The Morgan fingerprint density at radius 1 is 1.18 bits per heavy atom. The number of nitrogens with one attached hydrogen (secondary N) is 1. The smallest absolute Gasteiger partial charge is 0.127 e. The molecular weight excluding hydrogens is 302 g/mol. The Labute approximate surface area is 137 Å². The summed E-state index contributed by atoms with van der Waals surface area (Å²) in [5, 5.41) is 15.2. The van der Waals surface area contributed by atoms with E-state index in [1.54, 1.807) is 7.11 Å². The van der Waals surface area contributed by atoms with Crippen LogP contribution in [0.15, 0.2) is 36.4 Å². The van der Waals surface area contributed by atoms with Gasteiger partial charge >= 0.3 is 0 Å². The average Bonchev–Trinajstić information content (AvgIpc) is 2.50. The monoisotopic (exact) mass is 325 g/mol. The van der Waals surface area contributed by atoms with Crippen molar-refractivity contribution in [2.75, 3.05) is 20.3 Å². The van der Waals surface area contributed by atoms with Gasteiger partial charge in [0.1, 0.15) is 24.2 Å². The van der Waals surface area contributed by atoms with Crippen LogP contribution in [-0.4, -0.2) is 37.5 Å². The maximum Gasteiger partial charge on any atom is 0.127 e. The van der Waals surface area contributed by atoms with Crippen molar-refractivity contribution in [2.24, 2.45) is 0 Å². The summed E-state index contributed by atoms with van der Waals surface area (Å²) in [7, 11) is 1.65. The first-order chi connectivity index (χ1) is 10.1. The fourth-order valence-electron chi connectivity index (χ4n) is 2.10. The number of fused-ring (bicyclic) bond motifs is 1. The minimum absolute atomic E-state index is 0. The van der Waals surface area contributed by atoms with Crippen molar-refractivity contribution in [3.05, 3.63) is 36.4 Å². The first-order valence-electron chi connectivity index (χ1n) is 7.21. The van der Waals surface area contributed by atoms with Gasteiger partial charge in [0.2, 0.25) is 0 Å². The highest BCUT2D eigenvalue weighted by molar-refractivity contribution is 5.89. The van der Waals surface area contributed by atoms with Gasteiger partial charge in [-0.15, -0.1) is 12.4 Å². The average molecular weight is 326 g/mol. The summed E-state index contributed by atoms with van der Waals surface area (Å²) in [4.78, 5) is 0. The van der Waals surface area contributed by atoms with Crippen molar-refractivity contribution in [3.63, 3.8) is 0 Å². The van der Waals surface area contributed by atoms with Gasteiger partial charge in [-0.05, 0) is 29.7 Å². The van der Waals surface area contributed by atoms with Gasteiger partial charge in [-0.1, -0.05) is 26.0 Å². The molecule has 2 rings (SSSR count). The number of methoxy groups -OCH3 is 1. The highest BCUT2D eigenvalue weighted by Crippen LogP contribution is 2.28. The molecule has 0 bridgehead atoms. The molecule has 1 atom stereocenters. The highest BCUT2D eigenvalue weighted by atomic mass is 35.5. The molecule has 0 saturated heterocycles. The maximum absolute atomic E-state index is 9.91. The van der Waals surface area contributed by atoms with E-state index in [4.69, 9.17) is 9.47 Å². The summed E-state index contributed by atoms with van der Waals surface area (Å²) in [6.07, 6.45) is -0.527. The molecule has 2 aromatic carbocycles. The molecule has 0 spiro atoms. The normalized spacial score (nSPS) is 12.0. The molecule has 0 amide bonds.